The van der Waals surface area contributed by atoms with Crippen LogP contribution < -0.4 is 10.1 Å². The van der Waals surface area contributed by atoms with Crippen molar-refractivity contribution in [1.82, 2.24) is 10.2 Å². The highest BCUT2D eigenvalue weighted by Gasteiger charge is 2.17. The van der Waals surface area contributed by atoms with Crippen LogP contribution in [0.1, 0.15) is 29.7 Å². The third-order valence-electron chi connectivity index (χ3n) is 4.22. The van der Waals surface area contributed by atoms with Crippen LogP contribution in [0.25, 0.3) is 0 Å². The molecular weight excluding hydrogens is 319 g/mol. The Hall–Kier alpha value is -2.56. The number of halogens is 1. The minimum Gasteiger partial charge on any atom is -0.491 e. The summed E-state index contributed by atoms with van der Waals surface area (Å²) in [7, 11) is 1.72. The van der Waals surface area contributed by atoms with Gasteiger partial charge in [-0.15, -0.1) is 0 Å². The average molecular weight is 344 g/mol. The summed E-state index contributed by atoms with van der Waals surface area (Å²) in [6, 6.07) is 11.8. The van der Waals surface area contributed by atoms with E-state index < -0.39 is 0 Å². The zero-order valence-electron chi connectivity index (χ0n) is 15.2. The molecule has 0 aliphatic heterocycles. The van der Waals surface area contributed by atoms with Gasteiger partial charge in [0.1, 0.15) is 18.2 Å². The van der Waals surface area contributed by atoms with Crippen molar-refractivity contribution in [2.75, 3.05) is 20.2 Å². The SMILES string of the molecule is Cc1ccc(OCCNC(=O)N(C)[C@@H](C)c2ccc(F)cc2)c(C)c1. The van der Waals surface area contributed by atoms with Crippen LogP contribution in [0.4, 0.5) is 9.18 Å². The summed E-state index contributed by atoms with van der Waals surface area (Å²) in [6.45, 7) is 6.74. The highest BCUT2D eigenvalue weighted by molar-refractivity contribution is 5.74. The van der Waals surface area contributed by atoms with Gasteiger partial charge in [0.25, 0.3) is 0 Å². The fourth-order valence-corrected chi connectivity index (χ4v) is 2.55. The lowest BCUT2D eigenvalue weighted by Gasteiger charge is -2.25. The number of hydrogen-bond donors (Lipinski definition) is 1. The third-order valence-corrected chi connectivity index (χ3v) is 4.22. The number of urea groups is 1. The van der Waals surface area contributed by atoms with Crippen molar-refractivity contribution < 1.29 is 13.9 Å². The van der Waals surface area contributed by atoms with Crippen LogP contribution >= 0.6 is 0 Å². The van der Waals surface area contributed by atoms with E-state index in [-0.39, 0.29) is 17.9 Å². The van der Waals surface area contributed by atoms with Gasteiger partial charge in [0.15, 0.2) is 0 Å². The Morgan fingerprint density at radius 2 is 1.88 bits per heavy atom. The molecule has 25 heavy (non-hydrogen) atoms. The normalized spacial score (nSPS) is 11.7. The molecule has 0 aliphatic carbocycles. The van der Waals surface area contributed by atoms with Crippen LogP contribution in [0.15, 0.2) is 42.5 Å². The molecule has 2 rings (SSSR count). The van der Waals surface area contributed by atoms with Crippen LogP contribution in [-0.2, 0) is 0 Å². The van der Waals surface area contributed by atoms with Crippen LogP contribution in [-0.4, -0.2) is 31.1 Å². The summed E-state index contributed by atoms with van der Waals surface area (Å²) in [5.74, 6) is 0.541. The minimum absolute atomic E-state index is 0.152. The number of aryl methyl sites for hydroxylation is 2. The molecule has 0 spiro atoms. The van der Waals surface area contributed by atoms with Crippen LogP contribution in [0.2, 0.25) is 0 Å². The van der Waals surface area contributed by atoms with Gasteiger partial charge in [0, 0.05) is 7.05 Å². The number of nitrogens with zero attached hydrogens (tertiary/aromatic N) is 1. The molecule has 2 aromatic rings. The fourth-order valence-electron chi connectivity index (χ4n) is 2.55. The Labute approximate surface area is 148 Å². The number of ether oxygens (including phenoxy) is 1. The second-order valence-corrected chi connectivity index (χ2v) is 6.19. The topological polar surface area (TPSA) is 41.6 Å². The molecule has 0 radical (unpaired) electrons. The lowest BCUT2D eigenvalue weighted by Crippen LogP contribution is -2.40. The van der Waals surface area contributed by atoms with Crippen molar-refractivity contribution in [3.8, 4) is 5.75 Å². The first-order valence-electron chi connectivity index (χ1n) is 8.34. The summed E-state index contributed by atoms with van der Waals surface area (Å²) >= 11 is 0. The molecule has 0 heterocycles. The highest BCUT2D eigenvalue weighted by Crippen LogP contribution is 2.19. The summed E-state index contributed by atoms with van der Waals surface area (Å²) in [6.07, 6.45) is 0. The third kappa shape index (κ3) is 5.21. The van der Waals surface area contributed by atoms with Gasteiger partial charge in [0.05, 0.1) is 12.6 Å². The number of rotatable bonds is 6. The van der Waals surface area contributed by atoms with Crippen molar-refractivity contribution >= 4 is 6.03 Å². The Kier molecular flexibility index (Phi) is 6.39. The van der Waals surface area contributed by atoms with E-state index in [4.69, 9.17) is 4.74 Å². The van der Waals surface area contributed by atoms with E-state index in [0.717, 1.165) is 16.9 Å². The summed E-state index contributed by atoms with van der Waals surface area (Å²) < 4.78 is 18.7. The average Bonchev–Trinajstić information content (AvgIpc) is 2.59. The van der Waals surface area contributed by atoms with Gasteiger partial charge in [0.2, 0.25) is 0 Å². The Morgan fingerprint density at radius 1 is 1.20 bits per heavy atom. The van der Waals surface area contributed by atoms with Crippen LogP contribution in [0.3, 0.4) is 0 Å². The Bertz CT molecular complexity index is 716. The van der Waals surface area contributed by atoms with Crippen LogP contribution in [0.5, 0.6) is 5.75 Å². The van der Waals surface area contributed by atoms with E-state index in [1.54, 1.807) is 24.1 Å². The second-order valence-electron chi connectivity index (χ2n) is 6.19. The van der Waals surface area contributed by atoms with Crippen molar-refractivity contribution in [3.05, 3.63) is 65.0 Å². The van der Waals surface area contributed by atoms with E-state index in [9.17, 15) is 9.18 Å². The molecule has 1 atom stereocenters. The zero-order chi connectivity index (χ0) is 18.4. The van der Waals surface area contributed by atoms with Gasteiger partial charge < -0.3 is 15.0 Å². The first-order chi connectivity index (χ1) is 11.9. The predicted octanol–water partition coefficient (Wildman–Crippen LogP) is 4.22. The molecule has 0 aliphatic rings. The van der Waals surface area contributed by atoms with Gasteiger partial charge in [-0.25, -0.2) is 9.18 Å². The first-order valence-corrected chi connectivity index (χ1v) is 8.34. The molecule has 0 aromatic heterocycles. The molecular formula is C20H25FN2O2. The molecule has 5 heteroatoms. The number of benzene rings is 2. The molecule has 2 aromatic carbocycles. The molecule has 0 saturated carbocycles. The smallest absolute Gasteiger partial charge is 0.317 e. The van der Waals surface area contributed by atoms with Crippen molar-refractivity contribution in [2.45, 2.75) is 26.8 Å². The van der Waals surface area contributed by atoms with Gasteiger partial charge >= 0.3 is 6.03 Å². The standard InChI is InChI=1S/C20H25FN2O2/c1-14-5-10-19(15(2)13-14)25-12-11-22-20(24)23(4)16(3)17-6-8-18(21)9-7-17/h5-10,13,16H,11-12H2,1-4H3,(H,22,24)/t16-/m0/s1. The van der Waals surface area contributed by atoms with E-state index in [0.29, 0.717) is 13.2 Å². The van der Waals surface area contributed by atoms with Gasteiger partial charge in [-0.3, -0.25) is 0 Å². The number of carbonyl (C=O) groups is 1. The number of nitrogens with one attached hydrogen (secondary N) is 1. The molecule has 1 N–H and O–H groups in total. The second kappa shape index (κ2) is 8.51. The quantitative estimate of drug-likeness (QED) is 0.797. The molecule has 2 amide bonds. The van der Waals surface area contributed by atoms with Gasteiger partial charge in [-0.2, -0.15) is 0 Å². The monoisotopic (exact) mass is 344 g/mol. The predicted molar refractivity (Wildman–Crippen MR) is 97.4 cm³/mol. The van der Waals surface area contributed by atoms with Gasteiger partial charge in [-0.1, -0.05) is 29.8 Å². The lowest BCUT2D eigenvalue weighted by molar-refractivity contribution is 0.191. The minimum atomic E-state index is -0.286. The zero-order valence-corrected chi connectivity index (χ0v) is 15.2. The molecule has 0 unspecified atom stereocenters. The van der Waals surface area contributed by atoms with Crippen molar-refractivity contribution in [3.63, 3.8) is 0 Å². The Morgan fingerprint density at radius 3 is 2.52 bits per heavy atom. The van der Waals surface area contributed by atoms with Gasteiger partial charge in [-0.05, 0) is 50.1 Å². The number of hydrogen-bond acceptors (Lipinski definition) is 2. The van der Waals surface area contributed by atoms with Crippen LogP contribution in [0, 0.1) is 19.7 Å². The summed E-state index contributed by atoms with van der Waals surface area (Å²) in [5, 5.41) is 2.83. The lowest BCUT2D eigenvalue weighted by atomic mass is 10.1. The largest absolute Gasteiger partial charge is 0.491 e. The maximum atomic E-state index is 13.0. The Balaban J connectivity index is 1.80. The maximum Gasteiger partial charge on any atom is 0.317 e. The summed E-state index contributed by atoms with van der Waals surface area (Å²) in [5.41, 5.74) is 3.15. The van der Waals surface area contributed by atoms with E-state index in [2.05, 4.69) is 11.4 Å². The van der Waals surface area contributed by atoms with Crippen molar-refractivity contribution in [1.29, 1.82) is 0 Å². The maximum absolute atomic E-state index is 13.0. The first kappa shape index (κ1) is 18.8. The molecule has 4 nitrogen and oxygen atoms in total. The van der Waals surface area contributed by atoms with E-state index in [1.165, 1.54) is 17.7 Å². The molecule has 134 valence electrons. The summed E-state index contributed by atoms with van der Waals surface area (Å²) in [4.78, 5) is 13.8. The number of amides is 2. The van der Waals surface area contributed by atoms with Crippen molar-refractivity contribution in [2.24, 2.45) is 0 Å². The fraction of sp³-hybridized carbons (Fsp3) is 0.350. The highest BCUT2D eigenvalue weighted by atomic mass is 19.1. The number of carbonyl (C=O) groups excluding carboxylic acids is 1. The van der Waals surface area contributed by atoms with E-state index >= 15 is 0 Å². The van der Waals surface area contributed by atoms with E-state index in [1.807, 2.05) is 32.9 Å². The molecule has 0 fully saturated rings. The molecule has 0 saturated heterocycles. The molecule has 0 bridgehead atoms.